The van der Waals surface area contributed by atoms with Gasteiger partial charge in [0.15, 0.2) is 0 Å². The van der Waals surface area contributed by atoms with Gasteiger partial charge in [0, 0.05) is 22.1 Å². The summed E-state index contributed by atoms with van der Waals surface area (Å²) < 4.78 is 0. The summed E-state index contributed by atoms with van der Waals surface area (Å²) in [5, 5.41) is 0. The van der Waals surface area contributed by atoms with Crippen LogP contribution < -0.4 is 11.3 Å². The molecule has 2 heterocycles. The van der Waals surface area contributed by atoms with Crippen LogP contribution in [0.4, 0.5) is 0 Å². The quantitative estimate of drug-likeness (QED) is 0.630. The fraction of sp³-hybridized carbons (Fsp3) is 0.308. The van der Waals surface area contributed by atoms with Gasteiger partial charge < -0.3 is 0 Å². The van der Waals surface area contributed by atoms with E-state index in [-0.39, 0.29) is 6.04 Å². The lowest BCUT2D eigenvalue weighted by Crippen LogP contribution is -2.28. The molecule has 2 rings (SSSR count). The summed E-state index contributed by atoms with van der Waals surface area (Å²) in [5.41, 5.74) is 4.08. The van der Waals surface area contributed by atoms with E-state index in [0.29, 0.717) is 0 Å². The van der Waals surface area contributed by atoms with Crippen LogP contribution in [-0.2, 0) is 12.8 Å². The van der Waals surface area contributed by atoms with Gasteiger partial charge in [0.2, 0.25) is 0 Å². The zero-order chi connectivity index (χ0) is 12.1. The number of hydrogen-bond acceptors (Lipinski definition) is 4. The van der Waals surface area contributed by atoms with Crippen molar-refractivity contribution >= 4 is 11.3 Å². The second-order valence-electron chi connectivity index (χ2n) is 3.94. The average molecular weight is 247 g/mol. The zero-order valence-corrected chi connectivity index (χ0v) is 10.7. The molecule has 0 saturated heterocycles. The summed E-state index contributed by atoms with van der Waals surface area (Å²) in [4.78, 5) is 6.80. The van der Waals surface area contributed by atoms with Crippen LogP contribution in [0.5, 0.6) is 0 Å². The molecule has 0 aromatic carbocycles. The fourth-order valence-electron chi connectivity index (χ4n) is 1.77. The molecular formula is C13H17N3S. The predicted molar refractivity (Wildman–Crippen MR) is 71.7 cm³/mol. The molecule has 0 spiro atoms. The lowest BCUT2D eigenvalue weighted by Gasteiger charge is -2.13. The van der Waals surface area contributed by atoms with E-state index in [0.717, 1.165) is 12.8 Å². The van der Waals surface area contributed by atoms with Gasteiger partial charge in [-0.3, -0.25) is 16.3 Å². The van der Waals surface area contributed by atoms with Crippen molar-refractivity contribution in [3.05, 3.63) is 52.0 Å². The number of aromatic nitrogens is 1. The first-order valence-corrected chi connectivity index (χ1v) is 6.58. The maximum atomic E-state index is 5.64. The topological polar surface area (TPSA) is 50.9 Å². The Morgan fingerprint density at radius 2 is 2.29 bits per heavy atom. The van der Waals surface area contributed by atoms with Crippen molar-refractivity contribution in [3.8, 4) is 0 Å². The van der Waals surface area contributed by atoms with E-state index in [1.807, 2.05) is 23.6 Å². The minimum atomic E-state index is 0.171. The molecule has 2 aromatic heterocycles. The van der Waals surface area contributed by atoms with Gasteiger partial charge in [-0.15, -0.1) is 11.3 Å². The third-order valence-corrected chi connectivity index (χ3v) is 4.08. The van der Waals surface area contributed by atoms with Crippen LogP contribution in [-0.4, -0.2) is 4.98 Å². The lowest BCUT2D eigenvalue weighted by atomic mass is 10.1. The highest BCUT2D eigenvalue weighted by atomic mass is 32.1. The van der Waals surface area contributed by atoms with Gasteiger partial charge in [-0.25, -0.2) is 0 Å². The van der Waals surface area contributed by atoms with Crippen molar-refractivity contribution < 1.29 is 0 Å². The van der Waals surface area contributed by atoms with E-state index in [4.69, 9.17) is 5.84 Å². The summed E-state index contributed by atoms with van der Waals surface area (Å²) in [5.74, 6) is 5.64. The predicted octanol–water partition coefficient (Wildman–Crippen LogP) is 2.45. The van der Waals surface area contributed by atoms with Crippen LogP contribution in [0.3, 0.4) is 0 Å². The molecule has 0 saturated carbocycles. The van der Waals surface area contributed by atoms with Crippen molar-refractivity contribution in [1.29, 1.82) is 0 Å². The van der Waals surface area contributed by atoms with Gasteiger partial charge >= 0.3 is 0 Å². The van der Waals surface area contributed by atoms with Crippen LogP contribution in [0.1, 0.15) is 28.3 Å². The SMILES string of the molecule is CCc1ccc(C(Cc2cccnc2)NN)s1. The molecule has 2 aromatic rings. The highest BCUT2D eigenvalue weighted by Crippen LogP contribution is 2.25. The van der Waals surface area contributed by atoms with Gasteiger partial charge in [0.25, 0.3) is 0 Å². The molecular weight excluding hydrogens is 230 g/mol. The number of rotatable bonds is 5. The van der Waals surface area contributed by atoms with E-state index in [1.54, 1.807) is 6.20 Å². The molecule has 1 unspecified atom stereocenters. The Bertz CT molecular complexity index is 453. The van der Waals surface area contributed by atoms with Crippen LogP contribution in [0.15, 0.2) is 36.7 Å². The zero-order valence-electron chi connectivity index (χ0n) is 9.89. The van der Waals surface area contributed by atoms with Crippen molar-refractivity contribution in [1.82, 2.24) is 10.4 Å². The monoisotopic (exact) mass is 247 g/mol. The molecule has 0 amide bonds. The Labute approximate surface area is 106 Å². The van der Waals surface area contributed by atoms with Crippen LogP contribution >= 0.6 is 11.3 Å². The number of pyridine rings is 1. The molecule has 0 aliphatic rings. The Balaban J connectivity index is 2.11. The molecule has 0 aliphatic carbocycles. The van der Waals surface area contributed by atoms with E-state index in [2.05, 4.69) is 35.5 Å². The molecule has 3 nitrogen and oxygen atoms in total. The summed E-state index contributed by atoms with van der Waals surface area (Å²) >= 11 is 1.82. The first-order valence-electron chi connectivity index (χ1n) is 5.77. The molecule has 90 valence electrons. The van der Waals surface area contributed by atoms with Gasteiger partial charge in [-0.05, 0) is 36.6 Å². The van der Waals surface area contributed by atoms with Crippen molar-refractivity contribution in [2.45, 2.75) is 25.8 Å². The summed E-state index contributed by atoms with van der Waals surface area (Å²) in [6.07, 6.45) is 5.62. The van der Waals surface area contributed by atoms with Crippen molar-refractivity contribution in [2.75, 3.05) is 0 Å². The molecule has 4 heteroatoms. The van der Waals surface area contributed by atoms with E-state index >= 15 is 0 Å². The standard InChI is InChI=1S/C13H17N3S/c1-2-11-5-6-13(17-11)12(16-14)8-10-4-3-7-15-9-10/h3-7,9,12,16H,2,8,14H2,1H3. The number of hydrazine groups is 1. The van der Waals surface area contributed by atoms with Gasteiger partial charge in [-0.2, -0.15) is 0 Å². The largest absolute Gasteiger partial charge is 0.271 e. The second kappa shape index (κ2) is 5.91. The number of nitrogens with two attached hydrogens (primary N) is 1. The number of aryl methyl sites for hydroxylation is 1. The minimum Gasteiger partial charge on any atom is -0.271 e. The number of thiophene rings is 1. The normalized spacial score (nSPS) is 12.6. The van der Waals surface area contributed by atoms with Gasteiger partial charge in [0.05, 0.1) is 6.04 Å². The first kappa shape index (κ1) is 12.2. The maximum Gasteiger partial charge on any atom is 0.0594 e. The summed E-state index contributed by atoms with van der Waals surface area (Å²) in [6.45, 7) is 2.17. The third kappa shape index (κ3) is 3.12. The highest BCUT2D eigenvalue weighted by Gasteiger charge is 2.12. The van der Waals surface area contributed by atoms with Crippen LogP contribution in [0, 0.1) is 0 Å². The smallest absolute Gasteiger partial charge is 0.0594 e. The lowest BCUT2D eigenvalue weighted by molar-refractivity contribution is 0.560. The number of nitrogens with one attached hydrogen (secondary N) is 1. The van der Waals surface area contributed by atoms with E-state index in [1.165, 1.54) is 15.3 Å². The number of hydrogen-bond donors (Lipinski definition) is 2. The summed E-state index contributed by atoms with van der Waals surface area (Å²) in [7, 11) is 0. The highest BCUT2D eigenvalue weighted by molar-refractivity contribution is 7.12. The Kier molecular flexibility index (Phi) is 4.25. The Hall–Kier alpha value is -1.23. The van der Waals surface area contributed by atoms with E-state index in [9.17, 15) is 0 Å². The van der Waals surface area contributed by atoms with Crippen LogP contribution in [0.25, 0.3) is 0 Å². The Morgan fingerprint density at radius 1 is 1.41 bits per heavy atom. The summed E-state index contributed by atoms with van der Waals surface area (Å²) in [6, 6.07) is 8.53. The fourth-order valence-corrected chi connectivity index (χ4v) is 2.78. The molecule has 0 aliphatic heterocycles. The van der Waals surface area contributed by atoms with Gasteiger partial charge in [-0.1, -0.05) is 13.0 Å². The first-order chi connectivity index (χ1) is 8.33. The van der Waals surface area contributed by atoms with E-state index < -0.39 is 0 Å². The minimum absolute atomic E-state index is 0.171. The van der Waals surface area contributed by atoms with Crippen molar-refractivity contribution in [2.24, 2.45) is 5.84 Å². The average Bonchev–Trinajstić information content (AvgIpc) is 2.86. The Morgan fingerprint density at radius 3 is 2.88 bits per heavy atom. The second-order valence-corrected chi connectivity index (χ2v) is 5.14. The third-order valence-electron chi connectivity index (χ3n) is 2.74. The molecule has 0 radical (unpaired) electrons. The number of nitrogens with zero attached hydrogens (tertiary/aromatic N) is 1. The van der Waals surface area contributed by atoms with Crippen LogP contribution in [0.2, 0.25) is 0 Å². The maximum absolute atomic E-state index is 5.64. The molecule has 0 bridgehead atoms. The molecule has 17 heavy (non-hydrogen) atoms. The molecule has 0 fully saturated rings. The molecule has 1 atom stereocenters. The van der Waals surface area contributed by atoms with Crippen molar-refractivity contribution in [3.63, 3.8) is 0 Å². The van der Waals surface area contributed by atoms with Gasteiger partial charge in [0.1, 0.15) is 0 Å². The molecule has 3 N–H and O–H groups in total.